The number of ketones is 1. The fourth-order valence-electron chi connectivity index (χ4n) is 1.02. The first-order valence-electron chi connectivity index (χ1n) is 3.52. The van der Waals surface area contributed by atoms with Crippen molar-refractivity contribution in [3.63, 3.8) is 0 Å². The normalized spacial score (nSPS) is 32.2. The molecule has 2 unspecified atom stereocenters. The van der Waals surface area contributed by atoms with E-state index in [2.05, 4.69) is 0 Å². The van der Waals surface area contributed by atoms with Gasteiger partial charge in [0, 0.05) is 0 Å². The van der Waals surface area contributed by atoms with E-state index < -0.39 is 0 Å². The molecule has 1 aliphatic rings. The van der Waals surface area contributed by atoms with Crippen molar-refractivity contribution >= 4 is 5.78 Å². The fraction of sp³-hybridized carbons (Fsp3) is 0.625. The van der Waals surface area contributed by atoms with Gasteiger partial charge in [-0.05, 0) is 20.3 Å². The van der Waals surface area contributed by atoms with Crippen molar-refractivity contribution in [3.05, 3.63) is 12.2 Å². The van der Waals surface area contributed by atoms with Gasteiger partial charge in [-0.2, -0.15) is 0 Å². The minimum Gasteiger partial charge on any atom is -0.363 e. The molecule has 0 spiro atoms. The first-order valence-corrected chi connectivity index (χ1v) is 3.52. The SMILES string of the molecule is CC(=O)C1CC=CC(C)O1. The summed E-state index contributed by atoms with van der Waals surface area (Å²) in [4.78, 5) is 10.8. The van der Waals surface area contributed by atoms with Crippen LogP contribution in [0.2, 0.25) is 0 Å². The summed E-state index contributed by atoms with van der Waals surface area (Å²) in [5.74, 6) is 0.121. The van der Waals surface area contributed by atoms with Gasteiger partial charge in [0.15, 0.2) is 5.78 Å². The highest BCUT2D eigenvalue weighted by atomic mass is 16.5. The summed E-state index contributed by atoms with van der Waals surface area (Å²) < 4.78 is 5.31. The maximum Gasteiger partial charge on any atom is 0.158 e. The summed E-state index contributed by atoms with van der Waals surface area (Å²) in [7, 11) is 0. The van der Waals surface area contributed by atoms with Gasteiger partial charge in [-0.25, -0.2) is 0 Å². The molecule has 2 nitrogen and oxygen atoms in total. The van der Waals surface area contributed by atoms with E-state index in [1.807, 2.05) is 19.1 Å². The second-order valence-corrected chi connectivity index (χ2v) is 2.60. The molecule has 2 atom stereocenters. The molecule has 1 aliphatic heterocycles. The van der Waals surface area contributed by atoms with E-state index in [0.29, 0.717) is 0 Å². The number of carbonyl (C=O) groups excluding carboxylic acids is 1. The summed E-state index contributed by atoms with van der Waals surface area (Å²) in [6.07, 6.45) is 4.61. The Balaban J connectivity index is 2.52. The standard InChI is InChI=1S/C8H12O2/c1-6-4-3-5-8(10-6)7(2)9/h3-4,6,8H,5H2,1-2H3. The lowest BCUT2D eigenvalue weighted by Gasteiger charge is -2.20. The van der Waals surface area contributed by atoms with Crippen LogP contribution in [0.3, 0.4) is 0 Å². The Morgan fingerprint density at radius 1 is 1.70 bits per heavy atom. The zero-order valence-electron chi connectivity index (χ0n) is 6.33. The lowest BCUT2D eigenvalue weighted by Crippen LogP contribution is -2.27. The van der Waals surface area contributed by atoms with E-state index in [9.17, 15) is 4.79 Å². The van der Waals surface area contributed by atoms with Crippen LogP contribution in [-0.2, 0) is 9.53 Å². The van der Waals surface area contributed by atoms with Crippen molar-refractivity contribution in [3.8, 4) is 0 Å². The molecule has 56 valence electrons. The minimum atomic E-state index is -0.194. The number of hydrogen-bond acceptors (Lipinski definition) is 2. The first-order chi connectivity index (χ1) is 4.70. The highest BCUT2D eigenvalue weighted by molar-refractivity contribution is 5.80. The van der Waals surface area contributed by atoms with E-state index in [4.69, 9.17) is 4.74 Å². The molecule has 10 heavy (non-hydrogen) atoms. The third-order valence-corrected chi connectivity index (χ3v) is 1.59. The summed E-state index contributed by atoms with van der Waals surface area (Å²) in [6.45, 7) is 3.50. The van der Waals surface area contributed by atoms with Gasteiger partial charge in [0.05, 0.1) is 6.10 Å². The average molecular weight is 140 g/mol. The molecule has 1 rings (SSSR count). The largest absolute Gasteiger partial charge is 0.363 e. The predicted octanol–water partition coefficient (Wildman–Crippen LogP) is 1.31. The van der Waals surface area contributed by atoms with Gasteiger partial charge in [-0.1, -0.05) is 12.2 Å². The molecule has 1 heterocycles. The Labute approximate surface area is 60.9 Å². The topological polar surface area (TPSA) is 26.3 Å². The Morgan fingerprint density at radius 3 is 2.80 bits per heavy atom. The van der Waals surface area contributed by atoms with Gasteiger partial charge >= 0.3 is 0 Å². The Hall–Kier alpha value is -0.630. The molecule has 0 aliphatic carbocycles. The van der Waals surface area contributed by atoms with Crippen LogP contribution in [0.4, 0.5) is 0 Å². The average Bonchev–Trinajstić information content (AvgIpc) is 1.88. The number of hydrogen-bond donors (Lipinski definition) is 0. The monoisotopic (exact) mass is 140 g/mol. The molecule has 0 aromatic carbocycles. The predicted molar refractivity (Wildman–Crippen MR) is 38.8 cm³/mol. The number of rotatable bonds is 1. The third kappa shape index (κ3) is 1.67. The molecule has 0 N–H and O–H groups in total. The highest BCUT2D eigenvalue weighted by Crippen LogP contribution is 2.11. The smallest absolute Gasteiger partial charge is 0.158 e. The number of ether oxygens (including phenoxy) is 1. The highest BCUT2D eigenvalue weighted by Gasteiger charge is 2.18. The maximum absolute atomic E-state index is 10.8. The third-order valence-electron chi connectivity index (χ3n) is 1.59. The van der Waals surface area contributed by atoms with Crippen LogP contribution in [0.5, 0.6) is 0 Å². The van der Waals surface area contributed by atoms with Gasteiger partial charge in [0.2, 0.25) is 0 Å². The fourth-order valence-corrected chi connectivity index (χ4v) is 1.02. The molecule has 0 aromatic rings. The molecular weight excluding hydrogens is 128 g/mol. The van der Waals surface area contributed by atoms with Crippen LogP contribution in [-0.4, -0.2) is 18.0 Å². The van der Waals surface area contributed by atoms with Gasteiger partial charge in [-0.15, -0.1) is 0 Å². The molecule has 0 radical (unpaired) electrons. The molecular formula is C8H12O2. The molecule has 0 aromatic heterocycles. The molecule has 0 fully saturated rings. The second-order valence-electron chi connectivity index (χ2n) is 2.60. The van der Waals surface area contributed by atoms with Crippen molar-refractivity contribution in [2.75, 3.05) is 0 Å². The number of carbonyl (C=O) groups is 1. The van der Waals surface area contributed by atoms with Gasteiger partial charge in [0.1, 0.15) is 6.10 Å². The first kappa shape index (κ1) is 7.48. The Kier molecular flexibility index (Phi) is 2.22. The van der Waals surface area contributed by atoms with Crippen molar-refractivity contribution < 1.29 is 9.53 Å². The van der Waals surface area contributed by atoms with Crippen molar-refractivity contribution in [1.29, 1.82) is 0 Å². The molecule has 0 bridgehead atoms. The van der Waals surface area contributed by atoms with Crippen LogP contribution in [0.15, 0.2) is 12.2 Å². The maximum atomic E-state index is 10.8. The minimum absolute atomic E-state index is 0.0997. The van der Waals surface area contributed by atoms with Gasteiger partial charge < -0.3 is 4.74 Å². The lowest BCUT2D eigenvalue weighted by molar-refractivity contribution is -0.130. The number of Topliss-reactive ketones (excluding diaryl/α,β-unsaturated/α-hetero) is 1. The summed E-state index contributed by atoms with van der Waals surface area (Å²) in [5, 5.41) is 0. The van der Waals surface area contributed by atoms with E-state index in [0.717, 1.165) is 6.42 Å². The summed E-state index contributed by atoms with van der Waals surface area (Å²) >= 11 is 0. The van der Waals surface area contributed by atoms with Crippen LogP contribution in [0.1, 0.15) is 20.3 Å². The summed E-state index contributed by atoms with van der Waals surface area (Å²) in [6, 6.07) is 0. The van der Waals surface area contributed by atoms with E-state index in [1.54, 1.807) is 6.92 Å². The van der Waals surface area contributed by atoms with Gasteiger partial charge in [0.25, 0.3) is 0 Å². The van der Waals surface area contributed by atoms with Crippen LogP contribution >= 0.6 is 0 Å². The zero-order valence-corrected chi connectivity index (χ0v) is 6.33. The van der Waals surface area contributed by atoms with E-state index in [1.165, 1.54) is 0 Å². The van der Waals surface area contributed by atoms with Crippen LogP contribution in [0.25, 0.3) is 0 Å². The van der Waals surface area contributed by atoms with Crippen molar-refractivity contribution in [1.82, 2.24) is 0 Å². The molecule has 0 saturated heterocycles. The quantitative estimate of drug-likeness (QED) is 0.513. The van der Waals surface area contributed by atoms with Gasteiger partial charge in [-0.3, -0.25) is 4.79 Å². The molecule has 0 saturated carbocycles. The van der Waals surface area contributed by atoms with Crippen LogP contribution in [0, 0.1) is 0 Å². The van der Waals surface area contributed by atoms with Crippen molar-refractivity contribution in [2.45, 2.75) is 32.5 Å². The summed E-state index contributed by atoms with van der Waals surface area (Å²) in [5.41, 5.74) is 0. The zero-order chi connectivity index (χ0) is 7.56. The second kappa shape index (κ2) is 2.97. The van der Waals surface area contributed by atoms with E-state index in [-0.39, 0.29) is 18.0 Å². The van der Waals surface area contributed by atoms with E-state index >= 15 is 0 Å². The lowest BCUT2D eigenvalue weighted by atomic mass is 10.1. The Morgan fingerprint density at radius 2 is 2.40 bits per heavy atom. The van der Waals surface area contributed by atoms with Crippen molar-refractivity contribution in [2.24, 2.45) is 0 Å². The Bertz CT molecular complexity index is 161. The molecule has 2 heteroatoms. The molecule has 0 amide bonds. The van der Waals surface area contributed by atoms with Crippen LogP contribution < -0.4 is 0 Å².